The van der Waals surface area contributed by atoms with E-state index in [9.17, 15) is 4.79 Å². The van der Waals surface area contributed by atoms with Crippen molar-refractivity contribution < 1.29 is 14.3 Å². The molecule has 1 saturated heterocycles. The van der Waals surface area contributed by atoms with E-state index < -0.39 is 0 Å². The molecule has 1 fully saturated rings. The van der Waals surface area contributed by atoms with Gasteiger partial charge in [0.15, 0.2) is 0 Å². The van der Waals surface area contributed by atoms with Crippen molar-refractivity contribution in [1.29, 1.82) is 0 Å². The van der Waals surface area contributed by atoms with Gasteiger partial charge in [0, 0.05) is 45.0 Å². The fourth-order valence-electron chi connectivity index (χ4n) is 3.79. The van der Waals surface area contributed by atoms with Crippen LogP contribution in [-0.2, 0) is 11.3 Å². The van der Waals surface area contributed by atoms with Gasteiger partial charge in [-0.1, -0.05) is 31.9 Å². The van der Waals surface area contributed by atoms with E-state index in [0.29, 0.717) is 18.7 Å². The molecule has 5 heteroatoms. The van der Waals surface area contributed by atoms with E-state index in [-0.39, 0.29) is 12.0 Å². The lowest BCUT2D eigenvalue weighted by Crippen LogP contribution is -2.37. The molecule has 0 N–H and O–H groups in total. The zero-order chi connectivity index (χ0) is 22.1. The van der Waals surface area contributed by atoms with Crippen molar-refractivity contribution in [3.05, 3.63) is 59.7 Å². The molecule has 31 heavy (non-hydrogen) atoms. The maximum absolute atomic E-state index is 13.3. The first-order valence-electron chi connectivity index (χ1n) is 11.5. The molecule has 1 atom stereocenters. The van der Waals surface area contributed by atoms with Gasteiger partial charge < -0.3 is 19.3 Å². The van der Waals surface area contributed by atoms with E-state index in [4.69, 9.17) is 9.47 Å². The number of anilines is 1. The van der Waals surface area contributed by atoms with Gasteiger partial charge in [-0.25, -0.2) is 0 Å². The maximum atomic E-state index is 13.3. The number of rotatable bonds is 11. The fourth-order valence-corrected chi connectivity index (χ4v) is 3.79. The largest absolute Gasteiger partial charge is 0.494 e. The normalized spacial score (nSPS) is 15.6. The van der Waals surface area contributed by atoms with Gasteiger partial charge in [0.1, 0.15) is 5.75 Å². The van der Waals surface area contributed by atoms with Gasteiger partial charge in [0.25, 0.3) is 5.91 Å². The van der Waals surface area contributed by atoms with Gasteiger partial charge in [-0.05, 0) is 61.2 Å². The minimum Gasteiger partial charge on any atom is -0.494 e. The molecule has 0 aliphatic carbocycles. The fraction of sp³-hybridized carbons (Fsp3) is 0.500. The molecule has 2 aromatic carbocycles. The Morgan fingerprint density at radius 1 is 1.06 bits per heavy atom. The summed E-state index contributed by atoms with van der Waals surface area (Å²) in [5.41, 5.74) is 2.95. The number of nitrogens with zero attached hydrogens (tertiary/aromatic N) is 2. The third-order valence-electron chi connectivity index (χ3n) is 5.68. The van der Waals surface area contributed by atoms with Crippen molar-refractivity contribution in [2.24, 2.45) is 0 Å². The van der Waals surface area contributed by atoms with Crippen molar-refractivity contribution in [2.75, 3.05) is 38.8 Å². The van der Waals surface area contributed by atoms with Gasteiger partial charge in [0.05, 0.1) is 12.7 Å². The molecule has 1 heterocycles. The number of hydrogen-bond donors (Lipinski definition) is 0. The van der Waals surface area contributed by atoms with Crippen LogP contribution in [0.1, 0.15) is 54.9 Å². The van der Waals surface area contributed by atoms with Crippen LogP contribution in [-0.4, -0.2) is 50.8 Å². The number of carbonyl (C=O) groups is 1. The van der Waals surface area contributed by atoms with Gasteiger partial charge in [-0.3, -0.25) is 4.79 Å². The smallest absolute Gasteiger partial charge is 0.254 e. The second kappa shape index (κ2) is 11.8. The predicted octanol–water partition coefficient (Wildman–Crippen LogP) is 5.14. The summed E-state index contributed by atoms with van der Waals surface area (Å²) in [6.07, 6.45) is 5.59. The molecule has 2 aromatic rings. The van der Waals surface area contributed by atoms with Crippen LogP contribution < -0.4 is 9.64 Å². The third-order valence-corrected chi connectivity index (χ3v) is 5.68. The number of unbranched alkanes of at least 4 members (excludes halogenated alkanes) is 2. The topological polar surface area (TPSA) is 42.0 Å². The first-order chi connectivity index (χ1) is 15.1. The van der Waals surface area contributed by atoms with Crippen LogP contribution >= 0.6 is 0 Å². The minimum atomic E-state index is 0.0321. The highest BCUT2D eigenvalue weighted by Crippen LogP contribution is 2.20. The highest BCUT2D eigenvalue weighted by atomic mass is 16.5. The van der Waals surface area contributed by atoms with E-state index in [1.165, 1.54) is 12.8 Å². The molecule has 168 valence electrons. The summed E-state index contributed by atoms with van der Waals surface area (Å²) < 4.78 is 11.6. The zero-order valence-corrected chi connectivity index (χ0v) is 19.2. The average Bonchev–Trinajstić information content (AvgIpc) is 3.30. The van der Waals surface area contributed by atoms with Crippen molar-refractivity contribution in [3.63, 3.8) is 0 Å². The van der Waals surface area contributed by atoms with Crippen LogP contribution in [0.25, 0.3) is 0 Å². The van der Waals surface area contributed by atoms with Gasteiger partial charge in [-0.2, -0.15) is 0 Å². The Bertz CT molecular complexity index is 796. The van der Waals surface area contributed by atoms with Gasteiger partial charge in [0.2, 0.25) is 0 Å². The molecule has 1 aliphatic rings. The van der Waals surface area contributed by atoms with Crippen molar-refractivity contribution >= 4 is 11.6 Å². The molecule has 3 rings (SSSR count). The Morgan fingerprint density at radius 3 is 2.42 bits per heavy atom. The maximum Gasteiger partial charge on any atom is 0.254 e. The molecule has 0 aromatic heterocycles. The van der Waals surface area contributed by atoms with Crippen molar-refractivity contribution in [1.82, 2.24) is 4.90 Å². The SMILES string of the molecule is CCCCCOc1ccc(C(=O)N(Cc2ccc(N(C)C)cc2)CC2CCCO2)cc1. The number of carbonyl (C=O) groups excluding carboxylic acids is 1. The number of benzene rings is 2. The average molecular weight is 425 g/mol. The number of ether oxygens (including phenoxy) is 2. The summed E-state index contributed by atoms with van der Waals surface area (Å²) in [5, 5.41) is 0. The van der Waals surface area contributed by atoms with Crippen LogP contribution in [0.4, 0.5) is 5.69 Å². The second-order valence-corrected chi connectivity index (χ2v) is 8.46. The Labute approximate surface area is 187 Å². The van der Waals surface area contributed by atoms with Crippen molar-refractivity contribution in [2.45, 2.75) is 51.7 Å². The summed E-state index contributed by atoms with van der Waals surface area (Å²) >= 11 is 0. The highest BCUT2D eigenvalue weighted by molar-refractivity contribution is 5.94. The Balaban J connectivity index is 1.68. The monoisotopic (exact) mass is 424 g/mol. The molecule has 0 saturated carbocycles. The molecule has 1 unspecified atom stereocenters. The molecule has 0 bridgehead atoms. The van der Waals surface area contributed by atoms with E-state index >= 15 is 0 Å². The summed E-state index contributed by atoms with van der Waals surface area (Å²) in [6.45, 7) is 4.87. The van der Waals surface area contributed by atoms with Crippen LogP contribution in [0.15, 0.2) is 48.5 Å². The number of hydrogen-bond acceptors (Lipinski definition) is 4. The van der Waals surface area contributed by atoms with Crippen LogP contribution in [0.3, 0.4) is 0 Å². The van der Waals surface area contributed by atoms with E-state index in [1.54, 1.807) is 0 Å². The summed E-state index contributed by atoms with van der Waals surface area (Å²) in [4.78, 5) is 17.3. The molecule has 0 radical (unpaired) electrons. The standard InChI is InChI=1S/C26H36N2O3/c1-4-5-6-17-30-24-15-11-22(12-16-24)26(29)28(20-25-8-7-18-31-25)19-21-9-13-23(14-10-21)27(2)3/h9-16,25H,4-8,17-20H2,1-3H3. The lowest BCUT2D eigenvalue weighted by Gasteiger charge is -2.26. The number of amides is 1. The van der Waals surface area contributed by atoms with Crippen LogP contribution in [0.2, 0.25) is 0 Å². The molecule has 0 spiro atoms. The highest BCUT2D eigenvalue weighted by Gasteiger charge is 2.23. The van der Waals surface area contributed by atoms with E-state index in [1.807, 2.05) is 43.3 Å². The molecule has 5 nitrogen and oxygen atoms in total. The summed E-state index contributed by atoms with van der Waals surface area (Å²) in [5.74, 6) is 0.849. The quantitative estimate of drug-likeness (QED) is 0.468. The Kier molecular flexibility index (Phi) is 8.77. The predicted molar refractivity (Wildman–Crippen MR) is 126 cm³/mol. The summed E-state index contributed by atoms with van der Waals surface area (Å²) in [6, 6.07) is 15.9. The molecular formula is C26H36N2O3. The zero-order valence-electron chi connectivity index (χ0n) is 19.2. The Morgan fingerprint density at radius 2 is 1.81 bits per heavy atom. The van der Waals surface area contributed by atoms with Gasteiger partial charge in [-0.15, -0.1) is 0 Å². The van der Waals surface area contributed by atoms with Crippen molar-refractivity contribution in [3.8, 4) is 5.75 Å². The van der Waals surface area contributed by atoms with Crippen LogP contribution in [0.5, 0.6) is 5.75 Å². The molecule has 1 aliphatic heterocycles. The Hall–Kier alpha value is -2.53. The lowest BCUT2D eigenvalue weighted by molar-refractivity contribution is 0.0507. The van der Waals surface area contributed by atoms with Crippen LogP contribution in [0, 0.1) is 0 Å². The second-order valence-electron chi connectivity index (χ2n) is 8.46. The first-order valence-corrected chi connectivity index (χ1v) is 11.5. The minimum absolute atomic E-state index is 0.0321. The summed E-state index contributed by atoms with van der Waals surface area (Å²) in [7, 11) is 4.05. The van der Waals surface area contributed by atoms with E-state index in [0.717, 1.165) is 49.5 Å². The van der Waals surface area contributed by atoms with E-state index in [2.05, 4.69) is 36.1 Å². The molecular weight excluding hydrogens is 388 g/mol. The third kappa shape index (κ3) is 7.00. The molecule has 1 amide bonds. The lowest BCUT2D eigenvalue weighted by atomic mass is 10.1. The van der Waals surface area contributed by atoms with Gasteiger partial charge >= 0.3 is 0 Å². The first kappa shape index (κ1) is 23.1.